The molecule has 0 aromatic heterocycles. The van der Waals surface area contributed by atoms with Crippen molar-refractivity contribution in [2.24, 2.45) is 5.41 Å². The van der Waals surface area contributed by atoms with Crippen LogP contribution in [0.1, 0.15) is 52.9 Å². The van der Waals surface area contributed by atoms with E-state index in [-0.39, 0.29) is 0 Å². The third-order valence-corrected chi connectivity index (χ3v) is 4.87. The fourth-order valence-corrected chi connectivity index (χ4v) is 3.20. The zero-order valence-electron chi connectivity index (χ0n) is 10.9. The van der Waals surface area contributed by atoms with E-state index in [0.29, 0.717) is 10.2 Å². The maximum absolute atomic E-state index is 3.65. The van der Waals surface area contributed by atoms with Crippen LogP contribution in [0.25, 0.3) is 0 Å². The lowest BCUT2D eigenvalue weighted by Crippen LogP contribution is -2.36. The summed E-state index contributed by atoms with van der Waals surface area (Å²) in [5, 5.41) is 3.65. The molecule has 1 rings (SSSR count). The molecule has 0 amide bonds. The summed E-state index contributed by atoms with van der Waals surface area (Å²) in [4.78, 5) is 0. The van der Waals surface area contributed by atoms with E-state index in [1.807, 2.05) is 0 Å². The van der Waals surface area contributed by atoms with Gasteiger partial charge in [0.15, 0.2) is 0 Å². The normalized spacial score (nSPS) is 20.8. The van der Waals surface area contributed by atoms with Gasteiger partial charge >= 0.3 is 0 Å². The monoisotopic (exact) mass is 229 g/mol. The van der Waals surface area contributed by atoms with E-state index in [0.717, 1.165) is 0 Å². The van der Waals surface area contributed by atoms with Crippen molar-refractivity contribution >= 4 is 11.8 Å². The summed E-state index contributed by atoms with van der Waals surface area (Å²) in [7, 11) is 0. The van der Waals surface area contributed by atoms with E-state index in [1.54, 1.807) is 0 Å². The highest BCUT2D eigenvalue weighted by molar-refractivity contribution is 8.00. The summed E-state index contributed by atoms with van der Waals surface area (Å²) in [6.45, 7) is 9.33. The quantitative estimate of drug-likeness (QED) is 0.722. The number of hydrogen-bond donors (Lipinski definition) is 1. The molecule has 1 N–H and O–H groups in total. The van der Waals surface area contributed by atoms with Crippen LogP contribution >= 0.6 is 11.8 Å². The zero-order chi connectivity index (χ0) is 11.4. The molecule has 1 fully saturated rings. The largest absolute Gasteiger partial charge is 0.315 e. The van der Waals surface area contributed by atoms with Gasteiger partial charge in [-0.1, -0.05) is 33.6 Å². The van der Waals surface area contributed by atoms with Gasteiger partial charge in [-0.3, -0.25) is 0 Å². The van der Waals surface area contributed by atoms with E-state index < -0.39 is 0 Å². The van der Waals surface area contributed by atoms with E-state index in [1.165, 1.54) is 45.2 Å². The predicted molar refractivity (Wildman–Crippen MR) is 71.7 cm³/mol. The van der Waals surface area contributed by atoms with Gasteiger partial charge in [-0.05, 0) is 37.5 Å². The Morgan fingerprint density at radius 2 is 1.80 bits per heavy atom. The standard InChI is InChI=1S/C13H27NS/c1-12(2,3)9-10-14-11-13(15-4)7-5-6-8-13/h14H,5-11H2,1-4H3. The number of thioether (sulfide) groups is 1. The fraction of sp³-hybridized carbons (Fsp3) is 1.00. The average molecular weight is 229 g/mol. The van der Waals surface area contributed by atoms with Gasteiger partial charge < -0.3 is 5.32 Å². The Kier molecular flexibility index (Phi) is 4.98. The molecule has 0 aromatic rings. The van der Waals surface area contributed by atoms with Gasteiger partial charge in [-0.2, -0.15) is 11.8 Å². The second-order valence-corrected chi connectivity index (χ2v) is 7.36. The molecule has 15 heavy (non-hydrogen) atoms. The molecule has 0 aliphatic heterocycles. The first-order valence-corrected chi connectivity index (χ1v) is 7.46. The summed E-state index contributed by atoms with van der Waals surface area (Å²) in [5.74, 6) is 0. The van der Waals surface area contributed by atoms with Crippen molar-refractivity contribution in [2.75, 3.05) is 19.3 Å². The Labute approximate surface area is 99.8 Å². The van der Waals surface area contributed by atoms with Crippen molar-refractivity contribution in [1.82, 2.24) is 5.32 Å². The Bertz CT molecular complexity index is 177. The molecule has 1 aliphatic rings. The Morgan fingerprint density at radius 3 is 2.27 bits per heavy atom. The maximum Gasteiger partial charge on any atom is 0.0281 e. The highest BCUT2D eigenvalue weighted by atomic mass is 32.2. The summed E-state index contributed by atoms with van der Waals surface area (Å²) < 4.78 is 0.567. The van der Waals surface area contributed by atoms with Gasteiger partial charge in [0.25, 0.3) is 0 Å². The average Bonchev–Trinajstić information content (AvgIpc) is 2.60. The van der Waals surface area contributed by atoms with Gasteiger partial charge in [0.05, 0.1) is 0 Å². The van der Waals surface area contributed by atoms with Crippen LogP contribution in [0.15, 0.2) is 0 Å². The minimum Gasteiger partial charge on any atom is -0.315 e. The molecular formula is C13H27NS. The highest BCUT2D eigenvalue weighted by Gasteiger charge is 2.32. The number of nitrogens with one attached hydrogen (secondary N) is 1. The lowest BCUT2D eigenvalue weighted by Gasteiger charge is -2.28. The molecule has 2 heteroatoms. The van der Waals surface area contributed by atoms with Crippen LogP contribution in [0.5, 0.6) is 0 Å². The lowest BCUT2D eigenvalue weighted by atomic mass is 9.92. The second-order valence-electron chi connectivity index (χ2n) is 6.08. The van der Waals surface area contributed by atoms with Gasteiger partial charge in [-0.15, -0.1) is 0 Å². The minimum absolute atomic E-state index is 0.467. The molecule has 1 saturated carbocycles. The SMILES string of the molecule is CSC1(CNCCC(C)(C)C)CCCC1. The van der Waals surface area contributed by atoms with Gasteiger partial charge in [-0.25, -0.2) is 0 Å². The molecule has 90 valence electrons. The molecule has 1 nitrogen and oxygen atoms in total. The molecule has 0 radical (unpaired) electrons. The molecule has 0 saturated heterocycles. The van der Waals surface area contributed by atoms with E-state index in [2.05, 4.69) is 44.1 Å². The van der Waals surface area contributed by atoms with Crippen molar-refractivity contribution in [3.63, 3.8) is 0 Å². The van der Waals surface area contributed by atoms with Crippen molar-refractivity contribution in [1.29, 1.82) is 0 Å². The first-order valence-electron chi connectivity index (χ1n) is 6.23. The molecular weight excluding hydrogens is 202 g/mol. The molecule has 0 spiro atoms. The van der Waals surface area contributed by atoms with Crippen molar-refractivity contribution in [3.8, 4) is 0 Å². The van der Waals surface area contributed by atoms with E-state index >= 15 is 0 Å². The first kappa shape index (κ1) is 13.4. The van der Waals surface area contributed by atoms with Crippen LogP contribution < -0.4 is 5.32 Å². The van der Waals surface area contributed by atoms with Gasteiger partial charge in [0.2, 0.25) is 0 Å². The Balaban J connectivity index is 2.18. The van der Waals surface area contributed by atoms with Crippen LogP contribution in [0, 0.1) is 5.41 Å². The zero-order valence-corrected chi connectivity index (χ0v) is 11.7. The summed E-state index contributed by atoms with van der Waals surface area (Å²) >= 11 is 2.08. The third-order valence-electron chi connectivity index (χ3n) is 3.45. The molecule has 1 aliphatic carbocycles. The second kappa shape index (κ2) is 5.58. The topological polar surface area (TPSA) is 12.0 Å². The van der Waals surface area contributed by atoms with Gasteiger partial charge in [0, 0.05) is 11.3 Å². The van der Waals surface area contributed by atoms with Crippen LogP contribution in [0.3, 0.4) is 0 Å². The summed E-state index contributed by atoms with van der Waals surface area (Å²) in [5.41, 5.74) is 0.467. The predicted octanol–water partition coefficient (Wildman–Crippen LogP) is 3.69. The van der Waals surface area contributed by atoms with Gasteiger partial charge in [0.1, 0.15) is 0 Å². The van der Waals surface area contributed by atoms with Crippen molar-refractivity contribution in [2.45, 2.75) is 57.6 Å². The van der Waals surface area contributed by atoms with E-state index in [4.69, 9.17) is 0 Å². The van der Waals surface area contributed by atoms with Crippen LogP contribution in [0.4, 0.5) is 0 Å². The minimum atomic E-state index is 0.467. The molecule has 0 aromatic carbocycles. The molecule has 0 atom stereocenters. The summed E-state index contributed by atoms with van der Waals surface area (Å²) in [6, 6.07) is 0. The maximum atomic E-state index is 3.65. The number of hydrogen-bond acceptors (Lipinski definition) is 2. The molecule has 0 unspecified atom stereocenters. The number of rotatable bonds is 5. The van der Waals surface area contributed by atoms with E-state index in [9.17, 15) is 0 Å². The van der Waals surface area contributed by atoms with Crippen LogP contribution in [-0.2, 0) is 0 Å². The lowest BCUT2D eigenvalue weighted by molar-refractivity contribution is 0.361. The van der Waals surface area contributed by atoms with Crippen LogP contribution in [-0.4, -0.2) is 24.1 Å². The van der Waals surface area contributed by atoms with Crippen molar-refractivity contribution < 1.29 is 0 Å². The summed E-state index contributed by atoms with van der Waals surface area (Å²) in [6.07, 6.45) is 9.24. The Hall–Kier alpha value is 0.310. The van der Waals surface area contributed by atoms with Crippen LogP contribution in [0.2, 0.25) is 0 Å². The van der Waals surface area contributed by atoms with Crippen molar-refractivity contribution in [3.05, 3.63) is 0 Å². The molecule has 0 heterocycles. The highest BCUT2D eigenvalue weighted by Crippen LogP contribution is 2.39. The first-order chi connectivity index (χ1) is 6.97. The smallest absolute Gasteiger partial charge is 0.0281 e. The molecule has 0 bridgehead atoms. The Morgan fingerprint density at radius 1 is 1.20 bits per heavy atom. The third kappa shape index (κ3) is 4.78. The fourth-order valence-electron chi connectivity index (χ4n) is 2.25.